The highest BCUT2D eigenvalue weighted by atomic mass is 32.2. The quantitative estimate of drug-likeness (QED) is 0.190. The molecule has 15 heteroatoms. The number of hydroxylamine groups is 4. The summed E-state index contributed by atoms with van der Waals surface area (Å²) in [7, 11) is -3.78. The lowest BCUT2D eigenvalue weighted by molar-refractivity contribution is -0.358. The summed E-state index contributed by atoms with van der Waals surface area (Å²) < 4.78 is 63.9. The average Bonchev–Trinajstić information content (AvgIpc) is 3.73. The highest BCUT2D eigenvalue weighted by Crippen LogP contribution is 2.50. The fraction of sp³-hybridized carbons (Fsp3) is 0.702. The molecule has 0 N–H and O–H groups in total. The fourth-order valence-corrected chi connectivity index (χ4v) is 10.8. The zero-order valence-electron chi connectivity index (χ0n) is 39.3. The molecule has 4 heterocycles. The van der Waals surface area contributed by atoms with E-state index in [1.807, 2.05) is 34.6 Å². The van der Waals surface area contributed by atoms with Gasteiger partial charge in [0.05, 0.1) is 35.3 Å². The minimum absolute atomic E-state index is 0.00840. The Morgan fingerprint density at radius 1 is 0.694 bits per heavy atom. The summed E-state index contributed by atoms with van der Waals surface area (Å²) in [5.41, 5.74) is -2.04. The van der Waals surface area contributed by atoms with Crippen molar-refractivity contribution < 1.29 is 56.1 Å². The van der Waals surface area contributed by atoms with Gasteiger partial charge in [-0.05, 0) is 112 Å². The van der Waals surface area contributed by atoms with E-state index in [9.17, 15) is 18.0 Å². The topological polar surface area (TPSA) is 149 Å². The number of aryl methyl sites for hydroxylation is 1. The highest BCUT2D eigenvalue weighted by molar-refractivity contribution is 7.91. The summed E-state index contributed by atoms with van der Waals surface area (Å²) in [6, 6.07) is 12.9. The van der Waals surface area contributed by atoms with Gasteiger partial charge in [-0.1, -0.05) is 44.5 Å². The number of hydrogen-bond acceptors (Lipinski definition) is 14. The molecule has 2 spiro atoms. The van der Waals surface area contributed by atoms with Gasteiger partial charge < -0.3 is 28.4 Å². The van der Waals surface area contributed by atoms with Gasteiger partial charge in [0, 0.05) is 47.8 Å². The van der Waals surface area contributed by atoms with Gasteiger partial charge in [-0.25, -0.2) is 18.0 Å². The Bertz CT molecular complexity index is 2020. The van der Waals surface area contributed by atoms with E-state index in [1.54, 1.807) is 54.5 Å². The molecular formula is C47H70N2O12S. The van der Waals surface area contributed by atoms with E-state index in [4.69, 9.17) is 38.1 Å². The number of rotatable bonds is 12. The first kappa shape index (κ1) is 48.5. The molecule has 346 valence electrons. The lowest BCUT2D eigenvalue weighted by atomic mass is 9.78. The van der Waals surface area contributed by atoms with E-state index in [2.05, 4.69) is 60.5 Å². The minimum Gasteiger partial charge on any atom is -0.459 e. The zero-order valence-corrected chi connectivity index (χ0v) is 40.1. The fourth-order valence-electron chi connectivity index (χ4n) is 9.74. The molecule has 4 atom stereocenters. The Morgan fingerprint density at radius 3 is 1.50 bits per heavy atom. The van der Waals surface area contributed by atoms with Crippen LogP contribution in [-0.2, 0) is 47.9 Å². The number of carbonyl (C=O) groups is 2. The molecule has 2 aromatic rings. The molecule has 6 rings (SSSR count). The van der Waals surface area contributed by atoms with E-state index in [0.29, 0.717) is 25.7 Å². The molecule has 4 aliphatic heterocycles. The van der Waals surface area contributed by atoms with Gasteiger partial charge in [0.25, 0.3) is 0 Å². The number of piperidine rings is 2. The maximum Gasteiger partial charge on any atom is 0.338 e. The van der Waals surface area contributed by atoms with Crippen LogP contribution < -0.4 is 0 Å². The van der Waals surface area contributed by atoms with E-state index < -0.39 is 73.1 Å². The van der Waals surface area contributed by atoms with Crippen LogP contribution in [0.5, 0.6) is 0 Å². The molecule has 2 aromatic carbocycles. The monoisotopic (exact) mass is 886 g/mol. The van der Waals surface area contributed by atoms with E-state index in [-0.39, 0.29) is 54.0 Å². The Morgan fingerprint density at radius 2 is 1.10 bits per heavy atom. The van der Waals surface area contributed by atoms with Crippen LogP contribution in [0, 0.1) is 12.3 Å². The molecule has 0 aliphatic carbocycles. The van der Waals surface area contributed by atoms with Crippen molar-refractivity contribution in [3.8, 4) is 0 Å². The Labute approximate surface area is 369 Å². The van der Waals surface area contributed by atoms with Crippen molar-refractivity contribution in [1.29, 1.82) is 0 Å². The van der Waals surface area contributed by atoms with Crippen LogP contribution in [0.25, 0.3) is 0 Å². The first-order chi connectivity index (χ1) is 28.5. The molecule has 0 radical (unpaired) electrons. The van der Waals surface area contributed by atoms with Gasteiger partial charge in [-0.15, -0.1) is 0 Å². The Hall–Kier alpha value is -2.99. The van der Waals surface area contributed by atoms with Crippen molar-refractivity contribution in [2.24, 2.45) is 5.41 Å². The summed E-state index contributed by atoms with van der Waals surface area (Å²) in [4.78, 5) is 39.6. The lowest BCUT2D eigenvalue weighted by Gasteiger charge is -2.57. The van der Waals surface area contributed by atoms with Crippen molar-refractivity contribution in [3.05, 3.63) is 65.2 Å². The van der Waals surface area contributed by atoms with Crippen LogP contribution in [0.2, 0.25) is 0 Å². The number of carbonyl (C=O) groups excluding carboxylic acids is 2. The van der Waals surface area contributed by atoms with Gasteiger partial charge in [0.2, 0.25) is 9.84 Å². The molecule has 0 amide bonds. The van der Waals surface area contributed by atoms with Gasteiger partial charge in [-0.2, -0.15) is 10.1 Å². The predicted octanol–water partition coefficient (Wildman–Crippen LogP) is 7.96. The molecule has 0 saturated carbocycles. The van der Waals surface area contributed by atoms with Crippen molar-refractivity contribution >= 4 is 21.8 Å². The summed E-state index contributed by atoms with van der Waals surface area (Å²) in [5, 5.41) is 3.85. The number of benzene rings is 2. The Balaban J connectivity index is 0.993. The van der Waals surface area contributed by atoms with E-state index >= 15 is 0 Å². The molecule has 14 nitrogen and oxygen atoms in total. The third-order valence-electron chi connectivity index (χ3n) is 12.5. The second-order valence-electron chi connectivity index (χ2n) is 21.4. The van der Waals surface area contributed by atoms with Crippen molar-refractivity contribution in [2.45, 2.75) is 185 Å². The maximum absolute atomic E-state index is 13.4. The molecule has 0 aromatic heterocycles. The summed E-state index contributed by atoms with van der Waals surface area (Å²) in [6.45, 7) is 28.8. The van der Waals surface area contributed by atoms with Crippen LogP contribution in [0.3, 0.4) is 0 Å². The van der Waals surface area contributed by atoms with E-state index in [1.165, 1.54) is 6.07 Å². The highest BCUT2D eigenvalue weighted by Gasteiger charge is 2.60. The number of sulfone groups is 1. The third kappa shape index (κ3) is 10.4. The molecule has 4 aliphatic rings. The number of hydrogen-bond donors (Lipinski definition) is 0. The molecule has 0 bridgehead atoms. The number of nitrogens with zero attached hydrogens (tertiary/aromatic N) is 2. The van der Waals surface area contributed by atoms with Crippen LogP contribution >= 0.6 is 0 Å². The van der Waals surface area contributed by atoms with Gasteiger partial charge >= 0.3 is 11.9 Å². The van der Waals surface area contributed by atoms with Crippen LogP contribution in [0.1, 0.15) is 142 Å². The summed E-state index contributed by atoms with van der Waals surface area (Å²) in [5.74, 6) is -3.08. The minimum atomic E-state index is -3.78. The first-order valence-corrected chi connectivity index (χ1v) is 23.4. The van der Waals surface area contributed by atoms with Crippen LogP contribution in [0.15, 0.2) is 53.4 Å². The second-order valence-corrected chi connectivity index (χ2v) is 23.6. The predicted molar refractivity (Wildman–Crippen MR) is 231 cm³/mol. The van der Waals surface area contributed by atoms with E-state index in [0.717, 1.165) is 5.56 Å². The zero-order chi connectivity index (χ0) is 45.9. The smallest absolute Gasteiger partial charge is 0.338 e. The SMILES string of the molecule is Cc1ccc(S(=O)(=O)C(C)ON2C(C)(C)CC3(CC2(C)C)OCC(COC(=O)c2cccc(C(=O)OCC4COC5(CC(C)(C)N(OC(C)C(C)(C)C)C(C)(C)C5)O4)c2)O3)cc1. The molecule has 4 fully saturated rings. The number of ether oxygens (including phenoxy) is 6. The third-order valence-corrected chi connectivity index (χ3v) is 14.4. The first-order valence-electron chi connectivity index (χ1n) is 21.8. The van der Waals surface area contributed by atoms with Gasteiger partial charge in [0.1, 0.15) is 25.4 Å². The lowest BCUT2D eigenvalue weighted by Crippen LogP contribution is -2.66. The molecule has 4 unspecified atom stereocenters. The molecule has 4 saturated heterocycles. The molecule has 62 heavy (non-hydrogen) atoms. The van der Waals surface area contributed by atoms with Crippen molar-refractivity contribution in [3.63, 3.8) is 0 Å². The van der Waals surface area contributed by atoms with Gasteiger partial charge in [0.15, 0.2) is 17.0 Å². The molecular weight excluding hydrogens is 817 g/mol. The number of esters is 2. The summed E-state index contributed by atoms with van der Waals surface area (Å²) >= 11 is 0. The average molecular weight is 887 g/mol. The standard InChI is InChI=1S/C47H70N2O12S/c1-31-18-20-38(21-19-31)62(52,53)33(3)61-49-44(11,12)29-47(30-45(49,13)14)57-26-37(59-47)24-55-40(51)35-17-15-16-34(22-35)39(50)54-23-36-25-56-46(58-36)27-42(7,8)48(43(9,10)28-46)60-32(2)41(4,5)6/h15-22,32-33,36-37H,23-30H2,1-14H3. The maximum atomic E-state index is 13.4. The Kier molecular flexibility index (Phi) is 13.4. The van der Waals surface area contributed by atoms with Crippen molar-refractivity contribution in [2.75, 3.05) is 26.4 Å². The van der Waals surface area contributed by atoms with Gasteiger partial charge in [-0.3, -0.25) is 9.68 Å². The second kappa shape index (κ2) is 17.1. The van der Waals surface area contributed by atoms with Crippen LogP contribution in [-0.4, -0.2) is 114 Å². The van der Waals surface area contributed by atoms with Crippen LogP contribution in [0.4, 0.5) is 0 Å². The summed E-state index contributed by atoms with van der Waals surface area (Å²) in [6.07, 6.45) is 0.860. The normalized spacial score (nSPS) is 26.3. The largest absolute Gasteiger partial charge is 0.459 e. The van der Waals surface area contributed by atoms with Crippen molar-refractivity contribution in [1.82, 2.24) is 10.1 Å².